The quantitative estimate of drug-likeness (QED) is 0.817. The summed E-state index contributed by atoms with van der Waals surface area (Å²) in [5.74, 6) is 0.343. The summed E-state index contributed by atoms with van der Waals surface area (Å²) in [6.45, 7) is 5.01. The van der Waals surface area contributed by atoms with Crippen molar-refractivity contribution in [1.29, 1.82) is 0 Å². The molecule has 1 saturated carbocycles. The Hall–Kier alpha value is -1.10. The Morgan fingerprint density at radius 3 is 2.68 bits per heavy atom. The Balaban J connectivity index is 1.85. The normalized spacial score (nSPS) is 39.6. The number of piperazine rings is 1. The van der Waals surface area contributed by atoms with E-state index in [0.717, 1.165) is 32.3 Å². The van der Waals surface area contributed by atoms with Crippen molar-refractivity contribution in [1.82, 2.24) is 10.2 Å². The van der Waals surface area contributed by atoms with Crippen molar-refractivity contribution < 1.29 is 14.3 Å². The highest BCUT2D eigenvalue weighted by Gasteiger charge is 2.56. The van der Waals surface area contributed by atoms with Gasteiger partial charge < -0.3 is 15.0 Å². The van der Waals surface area contributed by atoms with Gasteiger partial charge in [0.1, 0.15) is 11.6 Å². The average molecular weight is 266 g/mol. The molecular formula is C14H22N2O3. The second-order valence-corrected chi connectivity index (χ2v) is 6.20. The summed E-state index contributed by atoms with van der Waals surface area (Å²) in [4.78, 5) is 26.6. The molecule has 0 aromatic rings. The van der Waals surface area contributed by atoms with Gasteiger partial charge in [-0.05, 0) is 45.4 Å². The Morgan fingerprint density at radius 1 is 1.37 bits per heavy atom. The van der Waals surface area contributed by atoms with E-state index < -0.39 is 11.6 Å². The van der Waals surface area contributed by atoms with E-state index in [2.05, 4.69) is 5.32 Å². The number of nitrogens with zero attached hydrogens (tertiary/aromatic N) is 1. The second kappa shape index (κ2) is 4.47. The zero-order valence-corrected chi connectivity index (χ0v) is 11.6. The molecule has 3 fully saturated rings. The van der Waals surface area contributed by atoms with Crippen LogP contribution in [0.3, 0.4) is 0 Å². The summed E-state index contributed by atoms with van der Waals surface area (Å²) in [5, 5.41) is 2.82. The van der Waals surface area contributed by atoms with E-state index >= 15 is 0 Å². The lowest BCUT2D eigenvalue weighted by Crippen LogP contribution is -2.70. The van der Waals surface area contributed by atoms with E-state index in [1.807, 2.05) is 6.92 Å². The lowest BCUT2D eigenvalue weighted by molar-refractivity contribution is -0.159. The van der Waals surface area contributed by atoms with E-state index in [1.165, 1.54) is 0 Å². The largest absolute Gasteiger partial charge is 0.376 e. The maximum Gasteiger partial charge on any atom is 0.246 e. The topological polar surface area (TPSA) is 58.6 Å². The molecule has 3 aliphatic rings. The number of hydrogen-bond donors (Lipinski definition) is 1. The lowest BCUT2D eigenvalue weighted by atomic mass is 9.88. The van der Waals surface area contributed by atoms with Crippen molar-refractivity contribution in [2.75, 3.05) is 13.2 Å². The Labute approximate surface area is 113 Å². The van der Waals surface area contributed by atoms with Crippen LogP contribution in [0, 0.1) is 5.92 Å². The maximum absolute atomic E-state index is 12.5. The third kappa shape index (κ3) is 2.04. The molecule has 5 nitrogen and oxygen atoms in total. The number of nitrogens with one attached hydrogen (secondary N) is 1. The van der Waals surface area contributed by atoms with Crippen molar-refractivity contribution in [3.8, 4) is 0 Å². The van der Waals surface area contributed by atoms with Gasteiger partial charge in [0.15, 0.2) is 0 Å². The SMILES string of the molecule is CC1NC(=O)C(C)(C2CC2)N(CC2CCCO2)C1=O. The zero-order valence-electron chi connectivity index (χ0n) is 11.6. The number of ether oxygens (including phenoxy) is 1. The molecule has 1 aliphatic carbocycles. The van der Waals surface area contributed by atoms with Crippen molar-refractivity contribution in [2.45, 2.75) is 57.2 Å². The number of carbonyl (C=O) groups excluding carboxylic acids is 2. The summed E-state index contributed by atoms with van der Waals surface area (Å²) in [7, 11) is 0. The van der Waals surface area contributed by atoms with Gasteiger partial charge in [0.2, 0.25) is 11.8 Å². The van der Waals surface area contributed by atoms with E-state index in [1.54, 1.807) is 11.8 Å². The summed E-state index contributed by atoms with van der Waals surface area (Å²) >= 11 is 0. The van der Waals surface area contributed by atoms with Crippen LogP contribution in [0.15, 0.2) is 0 Å². The fraction of sp³-hybridized carbons (Fsp3) is 0.857. The first-order chi connectivity index (χ1) is 9.03. The van der Waals surface area contributed by atoms with E-state index in [4.69, 9.17) is 4.74 Å². The number of carbonyl (C=O) groups is 2. The molecule has 2 heterocycles. The minimum atomic E-state index is -0.671. The molecule has 19 heavy (non-hydrogen) atoms. The first-order valence-corrected chi connectivity index (χ1v) is 7.27. The Morgan fingerprint density at radius 2 is 2.11 bits per heavy atom. The second-order valence-electron chi connectivity index (χ2n) is 6.20. The maximum atomic E-state index is 12.5. The molecule has 3 atom stereocenters. The fourth-order valence-electron chi connectivity index (χ4n) is 3.31. The number of hydrogen-bond acceptors (Lipinski definition) is 3. The molecule has 2 aliphatic heterocycles. The van der Waals surface area contributed by atoms with Gasteiger partial charge in [0.05, 0.1) is 6.10 Å². The van der Waals surface area contributed by atoms with Crippen LogP contribution in [0.4, 0.5) is 0 Å². The van der Waals surface area contributed by atoms with Crippen LogP contribution < -0.4 is 5.32 Å². The van der Waals surface area contributed by atoms with Gasteiger partial charge in [-0.25, -0.2) is 0 Å². The Kier molecular flexibility index (Phi) is 3.04. The molecule has 0 aromatic carbocycles. The first-order valence-electron chi connectivity index (χ1n) is 7.27. The predicted octanol–water partition coefficient (Wildman–Crippen LogP) is 0.681. The van der Waals surface area contributed by atoms with E-state index in [-0.39, 0.29) is 17.9 Å². The molecule has 1 N–H and O–H groups in total. The smallest absolute Gasteiger partial charge is 0.246 e. The van der Waals surface area contributed by atoms with Gasteiger partial charge >= 0.3 is 0 Å². The van der Waals surface area contributed by atoms with Gasteiger partial charge in [-0.3, -0.25) is 9.59 Å². The summed E-state index contributed by atoms with van der Waals surface area (Å²) in [6, 6.07) is -0.416. The molecular weight excluding hydrogens is 244 g/mol. The van der Waals surface area contributed by atoms with Gasteiger partial charge in [0.25, 0.3) is 0 Å². The average Bonchev–Trinajstić information content (AvgIpc) is 3.11. The van der Waals surface area contributed by atoms with Crippen LogP contribution in [0.2, 0.25) is 0 Å². The van der Waals surface area contributed by atoms with E-state index in [0.29, 0.717) is 12.5 Å². The first kappa shape index (κ1) is 12.9. The molecule has 5 heteroatoms. The number of amides is 2. The standard InChI is InChI=1S/C14H22N2O3/c1-9-12(17)16(8-11-4-3-7-19-11)14(2,10-5-6-10)13(18)15-9/h9-11H,3-8H2,1-2H3,(H,15,18). The van der Waals surface area contributed by atoms with Crippen LogP contribution >= 0.6 is 0 Å². The monoisotopic (exact) mass is 266 g/mol. The summed E-state index contributed by atoms with van der Waals surface area (Å²) in [5.41, 5.74) is -0.671. The molecule has 0 bridgehead atoms. The highest BCUT2D eigenvalue weighted by Crippen LogP contribution is 2.45. The molecule has 2 amide bonds. The predicted molar refractivity (Wildman–Crippen MR) is 69.4 cm³/mol. The van der Waals surface area contributed by atoms with Crippen molar-refractivity contribution in [3.05, 3.63) is 0 Å². The lowest BCUT2D eigenvalue weighted by Gasteiger charge is -2.46. The molecule has 0 radical (unpaired) electrons. The summed E-state index contributed by atoms with van der Waals surface area (Å²) in [6.07, 6.45) is 4.20. The van der Waals surface area contributed by atoms with Crippen LogP contribution in [0.1, 0.15) is 39.5 Å². The molecule has 0 spiro atoms. The Bertz CT molecular complexity index is 401. The molecule has 3 rings (SSSR count). The van der Waals surface area contributed by atoms with Gasteiger partial charge in [-0.2, -0.15) is 0 Å². The van der Waals surface area contributed by atoms with Gasteiger partial charge in [-0.1, -0.05) is 0 Å². The molecule has 2 saturated heterocycles. The van der Waals surface area contributed by atoms with Gasteiger partial charge in [-0.15, -0.1) is 0 Å². The van der Waals surface area contributed by atoms with Crippen molar-refractivity contribution >= 4 is 11.8 Å². The van der Waals surface area contributed by atoms with Crippen LogP contribution in [-0.4, -0.2) is 47.6 Å². The minimum absolute atomic E-state index is 0.0000898. The van der Waals surface area contributed by atoms with E-state index in [9.17, 15) is 9.59 Å². The molecule has 106 valence electrons. The fourth-order valence-corrected chi connectivity index (χ4v) is 3.31. The van der Waals surface area contributed by atoms with Gasteiger partial charge in [0, 0.05) is 13.2 Å². The highest BCUT2D eigenvalue weighted by molar-refractivity contribution is 5.99. The van der Waals surface area contributed by atoms with Crippen molar-refractivity contribution in [3.63, 3.8) is 0 Å². The number of rotatable bonds is 3. The highest BCUT2D eigenvalue weighted by atomic mass is 16.5. The van der Waals surface area contributed by atoms with Crippen molar-refractivity contribution in [2.24, 2.45) is 5.92 Å². The van der Waals surface area contributed by atoms with Crippen LogP contribution in [-0.2, 0) is 14.3 Å². The minimum Gasteiger partial charge on any atom is -0.376 e. The van der Waals surface area contributed by atoms with Crippen LogP contribution in [0.25, 0.3) is 0 Å². The third-order valence-electron chi connectivity index (χ3n) is 4.79. The molecule has 3 unspecified atom stereocenters. The zero-order chi connectivity index (χ0) is 13.6. The summed E-state index contributed by atoms with van der Waals surface area (Å²) < 4.78 is 5.64. The molecule has 0 aromatic heterocycles. The third-order valence-corrected chi connectivity index (χ3v) is 4.79. The van der Waals surface area contributed by atoms with Crippen LogP contribution in [0.5, 0.6) is 0 Å².